The lowest BCUT2D eigenvalue weighted by Crippen LogP contribution is -2.11. The molecule has 80 valence electrons. The lowest BCUT2D eigenvalue weighted by Gasteiger charge is -2.04. The molecule has 1 rings (SSSR count). The number of hydrogen-bond donors (Lipinski definition) is 1. The van der Waals surface area contributed by atoms with Crippen molar-refractivity contribution < 1.29 is 4.74 Å². The quantitative estimate of drug-likeness (QED) is 0.741. The Morgan fingerprint density at radius 1 is 1.27 bits per heavy atom. The Bertz CT molecular complexity index is 332. The fraction of sp³-hybridized carbons (Fsp3) is 0.385. The summed E-state index contributed by atoms with van der Waals surface area (Å²) in [5.74, 6) is 6.53. The van der Waals surface area contributed by atoms with Crippen LogP contribution in [0.2, 0.25) is 0 Å². The third kappa shape index (κ3) is 4.53. The van der Waals surface area contributed by atoms with Crippen molar-refractivity contribution in [3.05, 3.63) is 29.8 Å². The first-order valence-corrected chi connectivity index (χ1v) is 5.19. The molecule has 2 heteroatoms. The van der Waals surface area contributed by atoms with Crippen LogP contribution in [0, 0.1) is 11.8 Å². The fourth-order valence-corrected chi connectivity index (χ4v) is 1.16. The predicted molar refractivity (Wildman–Crippen MR) is 62.8 cm³/mol. The first kappa shape index (κ1) is 11.6. The number of rotatable bonds is 5. The maximum atomic E-state index is 5.41. The van der Waals surface area contributed by atoms with Gasteiger partial charge in [-0.25, -0.2) is 0 Å². The Labute approximate surface area is 91.6 Å². The molecule has 1 aromatic rings. The van der Waals surface area contributed by atoms with E-state index in [1.807, 2.05) is 19.1 Å². The minimum absolute atomic E-state index is 0.461. The molecular weight excluding hydrogens is 186 g/mol. The Morgan fingerprint density at radius 3 is 2.60 bits per heavy atom. The standard InChI is InChI=1S/C13H17NO/c1-3-5-10-15-13-8-6-12(7-9-13)11-14-4-2/h6-9,14H,4,10-11H2,1-2H3. The van der Waals surface area contributed by atoms with Crippen LogP contribution in [0.3, 0.4) is 0 Å². The average Bonchev–Trinajstić information content (AvgIpc) is 2.28. The van der Waals surface area contributed by atoms with Crippen molar-refractivity contribution in [2.24, 2.45) is 0 Å². The Kier molecular flexibility index (Phi) is 5.35. The van der Waals surface area contributed by atoms with Gasteiger partial charge in [-0.3, -0.25) is 0 Å². The fourth-order valence-electron chi connectivity index (χ4n) is 1.16. The van der Waals surface area contributed by atoms with Crippen LogP contribution in [0.1, 0.15) is 19.4 Å². The molecule has 0 aliphatic carbocycles. The van der Waals surface area contributed by atoms with Gasteiger partial charge in [0.25, 0.3) is 0 Å². The summed E-state index contributed by atoms with van der Waals surface area (Å²) in [6.45, 7) is 6.27. The van der Waals surface area contributed by atoms with Crippen LogP contribution in [0.4, 0.5) is 0 Å². The molecule has 1 aromatic carbocycles. The molecule has 0 unspecified atom stereocenters. The van der Waals surface area contributed by atoms with Crippen LogP contribution in [0.15, 0.2) is 24.3 Å². The van der Waals surface area contributed by atoms with E-state index < -0.39 is 0 Å². The van der Waals surface area contributed by atoms with Gasteiger partial charge in [0.2, 0.25) is 0 Å². The molecule has 0 aromatic heterocycles. The molecule has 15 heavy (non-hydrogen) atoms. The van der Waals surface area contributed by atoms with Crippen molar-refractivity contribution in [3.8, 4) is 17.6 Å². The molecule has 0 heterocycles. The lowest BCUT2D eigenvalue weighted by molar-refractivity contribution is 0.370. The summed E-state index contributed by atoms with van der Waals surface area (Å²) in [6, 6.07) is 8.09. The highest BCUT2D eigenvalue weighted by atomic mass is 16.5. The third-order valence-electron chi connectivity index (χ3n) is 1.99. The monoisotopic (exact) mass is 203 g/mol. The van der Waals surface area contributed by atoms with E-state index in [0.29, 0.717) is 6.61 Å². The third-order valence-corrected chi connectivity index (χ3v) is 1.99. The molecule has 0 spiro atoms. The molecule has 0 bridgehead atoms. The van der Waals surface area contributed by atoms with Gasteiger partial charge in [0, 0.05) is 6.54 Å². The van der Waals surface area contributed by atoms with Gasteiger partial charge in [0.1, 0.15) is 12.4 Å². The van der Waals surface area contributed by atoms with E-state index in [2.05, 4.69) is 36.2 Å². The second-order valence-corrected chi connectivity index (χ2v) is 3.14. The summed E-state index contributed by atoms with van der Waals surface area (Å²) in [6.07, 6.45) is 0. The molecule has 0 aliphatic heterocycles. The normalized spacial score (nSPS) is 9.20. The van der Waals surface area contributed by atoms with Crippen molar-refractivity contribution in [2.45, 2.75) is 20.4 Å². The number of hydrogen-bond acceptors (Lipinski definition) is 2. The molecule has 0 radical (unpaired) electrons. The zero-order valence-electron chi connectivity index (χ0n) is 9.34. The highest BCUT2D eigenvalue weighted by Crippen LogP contribution is 2.11. The van der Waals surface area contributed by atoms with Crippen molar-refractivity contribution in [2.75, 3.05) is 13.2 Å². The van der Waals surface area contributed by atoms with E-state index in [-0.39, 0.29) is 0 Å². The summed E-state index contributed by atoms with van der Waals surface area (Å²) >= 11 is 0. The Morgan fingerprint density at radius 2 is 2.00 bits per heavy atom. The van der Waals surface area contributed by atoms with Crippen LogP contribution in [0.5, 0.6) is 5.75 Å². The Hall–Kier alpha value is -1.46. The van der Waals surface area contributed by atoms with E-state index in [0.717, 1.165) is 18.8 Å². The SMILES string of the molecule is CC#CCOc1ccc(CNCC)cc1. The van der Waals surface area contributed by atoms with Crippen molar-refractivity contribution >= 4 is 0 Å². The largest absolute Gasteiger partial charge is 0.481 e. The van der Waals surface area contributed by atoms with E-state index >= 15 is 0 Å². The molecule has 1 N–H and O–H groups in total. The zero-order valence-corrected chi connectivity index (χ0v) is 9.34. The lowest BCUT2D eigenvalue weighted by atomic mass is 10.2. The van der Waals surface area contributed by atoms with Crippen LogP contribution >= 0.6 is 0 Å². The van der Waals surface area contributed by atoms with Crippen molar-refractivity contribution in [1.29, 1.82) is 0 Å². The van der Waals surface area contributed by atoms with E-state index in [1.165, 1.54) is 5.56 Å². The van der Waals surface area contributed by atoms with Crippen LogP contribution in [-0.2, 0) is 6.54 Å². The number of benzene rings is 1. The molecular formula is C13H17NO. The zero-order chi connectivity index (χ0) is 10.9. The van der Waals surface area contributed by atoms with Crippen molar-refractivity contribution in [3.63, 3.8) is 0 Å². The van der Waals surface area contributed by atoms with E-state index in [9.17, 15) is 0 Å². The minimum atomic E-state index is 0.461. The topological polar surface area (TPSA) is 21.3 Å². The van der Waals surface area contributed by atoms with Gasteiger partial charge in [-0.1, -0.05) is 25.0 Å². The summed E-state index contributed by atoms with van der Waals surface area (Å²) in [7, 11) is 0. The highest BCUT2D eigenvalue weighted by molar-refractivity contribution is 5.27. The molecule has 2 nitrogen and oxygen atoms in total. The average molecular weight is 203 g/mol. The van der Waals surface area contributed by atoms with Crippen LogP contribution < -0.4 is 10.1 Å². The van der Waals surface area contributed by atoms with Crippen molar-refractivity contribution in [1.82, 2.24) is 5.32 Å². The van der Waals surface area contributed by atoms with Gasteiger partial charge >= 0.3 is 0 Å². The molecule has 0 aliphatic rings. The summed E-state index contributed by atoms with van der Waals surface area (Å²) in [5, 5.41) is 3.27. The maximum Gasteiger partial charge on any atom is 0.149 e. The molecule has 0 atom stereocenters. The summed E-state index contributed by atoms with van der Waals surface area (Å²) < 4.78 is 5.41. The van der Waals surface area contributed by atoms with Gasteiger partial charge in [0.15, 0.2) is 0 Å². The van der Waals surface area contributed by atoms with Gasteiger partial charge in [-0.2, -0.15) is 0 Å². The van der Waals surface area contributed by atoms with Gasteiger partial charge < -0.3 is 10.1 Å². The number of ether oxygens (including phenoxy) is 1. The number of nitrogens with one attached hydrogen (secondary N) is 1. The molecule has 0 amide bonds. The molecule has 0 saturated heterocycles. The highest BCUT2D eigenvalue weighted by Gasteiger charge is 1.93. The summed E-state index contributed by atoms with van der Waals surface area (Å²) in [4.78, 5) is 0. The maximum absolute atomic E-state index is 5.41. The molecule has 0 fully saturated rings. The second kappa shape index (κ2) is 6.92. The minimum Gasteiger partial charge on any atom is -0.481 e. The Balaban J connectivity index is 2.43. The van der Waals surface area contributed by atoms with Crippen LogP contribution in [-0.4, -0.2) is 13.2 Å². The summed E-state index contributed by atoms with van der Waals surface area (Å²) in [5.41, 5.74) is 1.27. The van der Waals surface area contributed by atoms with E-state index in [1.54, 1.807) is 0 Å². The van der Waals surface area contributed by atoms with Gasteiger partial charge in [0.05, 0.1) is 0 Å². The van der Waals surface area contributed by atoms with Gasteiger partial charge in [-0.05, 0) is 31.2 Å². The second-order valence-electron chi connectivity index (χ2n) is 3.14. The first-order valence-electron chi connectivity index (χ1n) is 5.19. The first-order chi connectivity index (χ1) is 7.36. The van der Waals surface area contributed by atoms with Crippen LogP contribution in [0.25, 0.3) is 0 Å². The smallest absolute Gasteiger partial charge is 0.149 e. The van der Waals surface area contributed by atoms with Gasteiger partial charge in [-0.15, -0.1) is 5.92 Å². The molecule has 0 saturated carbocycles. The van der Waals surface area contributed by atoms with E-state index in [4.69, 9.17) is 4.74 Å². The predicted octanol–water partition coefficient (Wildman–Crippen LogP) is 2.20.